The lowest BCUT2D eigenvalue weighted by Crippen LogP contribution is -2.20. The van der Waals surface area contributed by atoms with Crippen molar-refractivity contribution in [1.29, 1.82) is 0 Å². The van der Waals surface area contributed by atoms with Crippen LogP contribution >= 0.6 is 15.9 Å². The molecule has 1 atom stereocenters. The van der Waals surface area contributed by atoms with Gasteiger partial charge in [0.1, 0.15) is 10.3 Å². The van der Waals surface area contributed by atoms with Crippen LogP contribution in [0.3, 0.4) is 0 Å². The van der Waals surface area contributed by atoms with Crippen molar-refractivity contribution in [3.8, 4) is 0 Å². The summed E-state index contributed by atoms with van der Waals surface area (Å²) in [5.74, 6) is 0.606. The van der Waals surface area contributed by atoms with Crippen LogP contribution in [0, 0.1) is 0 Å². The smallest absolute Gasteiger partial charge is 0.265 e. The van der Waals surface area contributed by atoms with Crippen LogP contribution in [-0.2, 0) is 22.5 Å². The monoisotopic (exact) mass is 290 g/mol. The number of methoxy groups -OCH3 is 2. The summed E-state index contributed by atoms with van der Waals surface area (Å²) >= 11 is 3.18. The Balaban J connectivity index is 2.99. The van der Waals surface area contributed by atoms with Crippen molar-refractivity contribution in [1.82, 2.24) is 9.97 Å². The van der Waals surface area contributed by atoms with E-state index in [9.17, 15) is 4.79 Å². The number of hydrogen-bond donors (Lipinski definition) is 1. The van der Waals surface area contributed by atoms with Crippen LogP contribution in [0.15, 0.2) is 9.27 Å². The van der Waals surface area contributed by atoms with Crippen molar-refractivity contribution in [3.05, 3.63) is 26.3 Å². The normalized spacial score (nSPS) is 12.8. The SMILES string of the molecule is COCc1nc(CC(C)OC)[nH]c(=O)c1Br. The molecular weight excluding hydrogens is 276 g/mol. The maximum absolute atomic E-state index is 11.6. The average Bonchev–Trinajstić information content (AvgIpc) is 2.25. The molecule has 1 unspecified atom stereocenters. The molecule has 0 aliphatic rings. The Labute approximate surface area is 102 Å². The lowest BCUT2D eigenvalue weighted by Gasteiger charge is -2.10. The number of ether oxygens (including phenoxy) is 2. The highest BCUT2D eigenvalue weighted by molar-refractivity contribution is 9.10. The molecule has 1 rings (SSSR count). The fourth-order valence-electron chi connectivity index (χ4n) is 1.24. The summed E-state index contributed by atoms with van der Waals surface area (Å²) in [7, 11) is 3.18. The molecule has 0 aliphatic carbocycles. The second-order valence-corrected chi connectivity index (χ2v) is 4.25. The summed E-state index contributed by atoms with van der Waals surface area (Å²) in [6, 6.07) is 0. The van der Waals surface area contributed by atoms with E-state index in [0.29, 0.717) is 29.0 Å². The van der Waals surface area contributed by atoms with Gasteiger partial charge in [0.15, 0.2) is 0 Å². The Kier molecular flexibility index (Phi) is 5.11. The topological polar surface area (TPSA) is 64.2 Å². The number of aromatic nitrogens is 2. The van der Waals surface area contributed by atoms with Crippen LogP contribution in [0.2, 0.25) is 0 Å². The highest BCUT2D eigenvalue weighted by Crippen LogP contribution is 2.10. The molecule has 0 aromatic carbocycles. The number of halogens is 1. The van der Waals surface area contributed by atoms with Crippen LogP contribution < -0.4 is 5.56 Å². The van der Waals surface area contributed by atoms with Crippen molar-refractivity contribution in [2.45, 2.75) is 26.1 Å². The van der Waals surface area contributed by atoms with E-state index in [2.05, 4.69) is 25.9 Å². The molecule has 0 radical (unpaired) electrons. The van der Waals surface area contributed by atoms with Crippen LogP contribution in [-0.4, -0.2) is 30.3 Å². The first-order valence-electron chi connectivity index (χ1n) is 4.87. The van der Waals surface area contributed by atoms with E-state index >= 15 is 0 Å². The molecule has 0 amide bonds. The van der Waals surface area contributed by atoms with Gasteiger partial charge in [-0.15, -0.1) is 0 Å². The fraction of sp³-hybridized carbons (Fsp3) is 0.600. The molecule has 0 fully saturated rings. The van der Waals surface area contributed by atoms with Gasteiger partial charge in [-0.2, -0.15) is 0 Å². The molecule has 1 heterocycles. The minimum Gasteiger partial charge on any atom is -0.381 e. The summed E-state index contributed by atoms with van der Waals surface area (Å²) < 4.78 is 10.5. The minimum absolute atomic E-state index is 0.0136. The van der Waals surface area contributed by atoms with Gasteiger partial charge in [-0.1, -0.05) is 0 Å². The molecule has 0 saturated carbocycles. The minimum atomic E-state index is -0.194. The molecule has 1 aromatic heterocycles. The van der Waals surface area contributed by atoms with Crippen molar-refractivity contribution in [2.24, 2.45) is 0 Å². The molecule has 0 spiro atoms. The van der Waals surface area contributed by atoms with Gasteiger partial charge in [-0.3, -0.25) is 4.79 Å². The van der Waals surface area contributed by atoms with Crippen LogP contribution in [0.5, 0.6) is 0 Å². The summed E-state index contributed by atoms with van der Waals surface area (Å²) in [5, 5.41) is 0. The molecule has 1 N–H and O–H groups in total. The molecule has 6 heteroatoms. The first-order chi connectivity index (χ1) is 7.58. The van der Waals surface area contributed by atoms with Gasteiger partial charge in [-0.05, 0) is 22.9 Å². The molecule has 5 nitrogen and oxygen atoms in total. The Morgan fingerprint density at radius 1 is 1.50 bits per heavy atom. The quantitative estimate of drug-likeness (QED) is 0.887. The van der Waals surface area contributed by atoms with E-state index in [-0.39, 0.29) is 11.7 Å². The van der Waals surface area contributed by atoms with Gasteiger partial charge in [0.2, 0.25) is 0 Å². The summed E-state index contributed by atoms with van der Waals surface area (Å²) in [4.78, 5) is 18.6. The molecule has 1 aromatic rings. The zero-order valence-electron chi connectivity index (χ0n) is 9.54. The zero-order valence-corrected chi connectivity index (χ0v) is 11.1. The number of hydrogen-bond acceptors (Lipinski definition) is 4. The van der Waals surface area contributed by atoms with Crippen LogP contribution in [0.1, 0.15) is 18.4 Å². The Morgan fingerprint density at radius 3 is 2.75 bits per heavy atom. The highest BCUT2D eigenvalue weighted by atomic mass is 79.9. The van der Waals surface area contributed by atoms with Crippen molar-refractivity contribution in [3.63, 3.8) is 0 Å². The fourth-order valence-corrected chi connectivity index (χ4v) is 1.54. The maximum atomic E-state index is 11.6. The Bertz CT molecular complexity index is 406. The van der Waals surface area contributed by atoms with Crippen molar-refractivity contribution in [2.75, 3.05) is 14.2 Å². The Morgan fingerprint density at radius 2 is 2.19 bits per heavy atom. The largest absolute Gasteiger partial charge is 0.381 e. The number of H-pyrrole nitrogens is 1. The number of rotatable bonds is 5. The third-order valence-corrected chi connectivity index (χ3v) is 2.96. The highest BCUT2D eigenvalue weighted by Gasteiger charge is 2.10. The van der Waals surface area contributed by atoms with E-state index in [1.54, 1.807) is 14.2 Å². The lowest BCUT2D eigenvalue weighted by atomic mass is 10.2. The van der Waals surface area contributed by atoms with E-state index in [4.69, 9.17) is 9.47 Å². The third-order valence-electron chi connectivity index (χ3n) is 2.14. The lowest BCUT2D eigenvalue weighted by molar-refractivity contribution is 0.116. The van der Waals surface area contributed by atoms with Gasteiger partial charge < -0.3 is 14.5 Å². The van der Waals surface area contributed by atoms with E-state index < -0.39 is 0 Å². The van der Waals surface area contributed by atoms with E-state index in [1.165, 1.54) is 0 Å². The van der Waals surface area contributed by atoms with Gasteiger partial charge in [0.25, 0.3) is 5.56 Å². The third kappa shape index (κ3) is 3.40. The van der Waals surface area contributed by atoms with Gasteiger partial charge in [0.05, 0.1) is 18.4 Å². The first-order valence-corrected chi connectivity index (χ1v) is 5.67. The second-order valence-electron chi connectivity index (χ2n) is 3.46. The van der Waals surface area contributed by atoms with Crippen molar-refractivity contribution < 1.29 is 9.47 Å². The van der Waals surface area contributed by atoms with Crippen LogP contribution in [0.25, 0.3) is 0 Å². The van der Waals surface area contributed by atoms with Gasteiger partial charge in [0, 0.05) is 20.6 Å². The molecule has 16 heavy (non-hydrogen) atoms. The van der Waals surface area contributed by atoms with Crippen LogP contribution in [0.4, 0.5) is 0 Å². The summed E-state index contributed by atoms with van der Waals surface area (Å²) in [5.41, 5.74) is 0.407. The predicted molar refractivity (Wildman–Crippen MR) is 63.4 cm³/mol. The standard InChI is InChI=1S/C10H15BrN2O3/c1-6(16-3)4-8-12-7(5-15-2)9(11)10(14)13-8/h6H,4-5H2,1-3H3,(H,12,13,14). The molecule has 0 bridgehead atoms. The van der Waals surface area contributed by atoms with Crippen molar-refractivity contribution >= 4 is 15.9 Å². The second kappa shape index (κ2) is 6.12. The Hall–Kier alpha value is -0.720. The molecule has 0 aliphatic heterocycles. The molecule has 90 valence electrons. The summed E-state index contributed by atoms with van der Waals surface area (Å²) in [6.45, 7) is 2.22. The van der Waals surface area contributed by atoms with E-state index in [1.807, 2.05) is 6.92 Å². The number of aromatic amines is 1. The molecule has 0 saturated heterocycles. The van der Waals surface area contributed by atoms with E-state index in [0.717, 1.165) is 0 Å². The number of nitrogens with zero attached hydrogens (tertiary/aromatic N) is 1. The number of nitrogens with one attached hydrogen (secondary N) is 1. The first kappa shape index (κ1) is 13.3. The van der Waals surface area contributed by atoms with Gasteiger partial charge in [-0.25, -0.2) is 4.98 Å². The average molecular weight is 291 g/mol. The zero-order chi connectivity index (χ0) is 12.1. The molecular formula is C10H15BrN2O3. The summed E-state index contributed by atoms with van der Waals surface area (Å²) in [6.07, 6.45) is 0.579. The predicted octanol–water partition coefficient (Wildman–Crippen LogP) is 1.26. The maximum Gasteiger partial charge on any atom is 0.265 e. The van der Waals surface area contributed by atoms with Gasteiger partial charge >= 0.3 is 0 Å².